The minimum absolute atomic E-state index is 0.864. The Kier molecular flexibility index (Phi) is 1.03. The molecule has 0 unspecified atom stereocenters. The lowest BCUT2D eigenvalue weighted by atomic mass is 10.2. The van der Waals surface area contributed by atoms with Crippen LogP contribution in [0.5, 0.6) is 0 Å². The monoisotopic (exact) mass is 133 g/mol. The third kappa shape index (κ3) is 0.708. The molecule has 0 atom stereocenters. The Bertz CT molecular complexity index is 291. The summed E-state index contributed by atoms with van der Waals surface area (Å²) in [4.78, 5) is 4.27. The van der Waals surface area contributed by atoms with E-state index < -0.39 is 0 Å². The molecule has 2 heterocycles. The lowest BCUT2D eigenvalue weighted by Gasteiger charge is -1.89. The zero-order valence-corrected chi connectivity index (χ0v) is 5.70. The van der Waals surface area contributed by atoms with E-state index in [4.69, 9.17) is 0 Å². The fourth-order valence-electron chi connectivity index (χ4n) is 1.07. The molecule has 0 fully saturated rings. The summed E-state index contributed by atoms with van der Waals surface area (Å²) in [6.07, 6.45) is 2.53. The predicted molar refractivity (Wildman–Crippen MR) is 38.5 cm³/mol. The number of fused-ring (bicyclic) bond motifs is 1. The molecule has 0 saturated carbocycles. The highest BCUT2D eigenvalue weighted by Gasteiger charge is 2.11. The van der Waals surface area contributed by atoms with Crippen LogP contribution in [-0.4, -0.2) is 15.9 Å². The predicted octanol–water partition coefficient (Wildman–Crippen LogP) is 1.13. The summed E-state index contributed by atoms with van der Waals surface area (Å²) in [6, 6.07) is 1.89. The van der Waals surface area contributed by atoms with Crippen LogP contribution >= 0.6 is 0 Å². The van der Waals surface area contributed by atoms with Crippen molar-refractivity contribution in [1.29, 1.82) is 0 Å². The molecular formula is C7H7N3. The normalized spacial score (nSPS) is 14.7. The number of nitrogens with zero attached hydrogens (tertiary/aromatic N) is 3. The summed E-state index contributed by atoms with van der Waals surface area (Å²) in [5.74, 6) is 0. The molecular weight excluding hydrogens is 126 g/mol. The van der Waals surface area contributed by atoms with Crippen LogP contribution in [0, 0.1) is 0 Å². The number of aromatic nitrogens is 2. The Morgan fingerprint density at radius 2 is 2.40 bits per heavy atom. The molecule has 0 radical (unpaired) electrons. The van der Waals surface area contributed by atoms with Gasteiger partial charge in [-0.05, 0) is 13.0 Å². The van der Waals surface area contributed by atoms with Crippen LogP contribution in [0.25, 0.3) is 0 Å². The zero-order valence-electron chi connectivity index (χ0n) is 5.70. The van der Waals surface area contributed by atoms with Gasteiger partial charge >= 0.3 is 0 Å². The van der Waals surface area contributed by atoms with Gasteiger partial charge in [-0.2, -0.15) is 10.2 Å². The molecule has 2 rings (SSSR count). The fraction of sp³-hybridized carbons (Fsp3) is 0.286. The van der Waals surface area contributed by atoms with Gasteiger partial charge in [-0.3, -0.25) is 4.99 Å². The molecule has 0 bridgehead atoms. The minimum atomic E-state index is 0.864. The van der Waals surface area contributed by atoms with Crippen molar-refractivity contribution in [2.24, 2.45) is 4.99 Å². The summed E-state index contributed by atoms with van der Waals surface area (Å²) in [7, 11) is 0. The van der Waals surface area contributed by atoms with Crippen molar-refractivity contribution in [3.05, 3.63) is 18.0 Å². The van der Waals surface area contributed by atoms with Crippen LogP contribution in [0.1, 0.15) is 12.6 Å². The van der Waals surface area contributed by atoms with Gasteiger partial charge in [0.1, 0.15) is 0 Å². The maximum Gasteiger partial charge on any atom is 0.0942 e. The van der Waals surface area contributed by atoms with Crippen molar-refractivity contribution >= 4 is 11.4 Å². The van der Waals surface area contributed by atoms with Crippen molar-refractivity contribution in [3.8, 4) is 0 Å². The first-order chi connectivity index (χ1) is 4.86. The summed E-state index contributed by atoms with van der Waals surface area (Å²) in [5, 5.41) is 7.71. The van der Waals surface area contributed by atoms with E-state index in [2.05, 4.69) is 15.2 Å². The number of hydrogen-bond acceptors (Lipinski definition) is 3. The average Bonchev–Trinajstić information content (AvgIpc) is 2.27. The van der Waals surface area contributed by atoms with Crippen LogP contribution in [0.2, 0.25) is 0 Å². The molecule has 0 amide bonds. The molecule has 0 spiro atoms. The average molecular weight is 133 g/mol. The van der Waals surface area contributed by atoms with Gasteiger partial charge in [-0.25, -0.2) is 0 Å². The highest BCUT2D eigenvalue weighted by molar-refractivity contribution is 5.91. The Morgan fingerprint density at radius 3 is 3.20 bits per heavy atom. The molecule has 10 heavy (non-hydrogen) atoms. The molecule has 50 valence electrons. The molecule has 1 aliphatic rings. The molecule has 0 saturated heterocycles. The van der Waals surface area contributed by atoms with Crippen molar-refractivity contribution in [1.82, 2.24) is 10.2 Å². The first-order valence-electron chi connectivity index (χ1n) is 3.21. The van der Waals surface area contributed by atoms with Gasteiger partial charge in [-0.1, -0.05) is 0 Å². The SMILES string of the molecule is CC1=Nc2ccnnc2C1. The molecule has 0 N–H and O–H groups in total. The number of hydrogen-bond donors (Lipinski definition) is 0. The van der Waals surface area contributed by atoms with E-state index in [9.17, 15) is 0 Å². The van der Waals surface area contributed by atoms with Crippen molar-refractivity contribution in [2.75, 3.05) is 0 Å². The lowest BCUT2D eigenvalue weighted by molar-refractivity contribution is 0.973. The zero-order chi connectivity index (χ0) is 6.97. The van der Waals surface area contributed by atoms with Gasteiger partial charge in [-0.15, -0.1) is 0 Å². The Balaban J connectivity index is 2.54. The van der Waals surface area contributed by atoms with Crippen LogP contribution in [0.15, 0.2) is 17.3 Å². The first-order valence-corrected chi connectivity index (χ1v) is 3.21. The third-order valence-electron chi connectivity index (χ3n) is 1.51. The third-order valence-corrected chi connectivity index (χ3v) is 1.51. The van der Waals surface area contributed by atoms with E-state index in [0.717, 1.165) is 23.5 Å². The van der Waals surface area contributed by atoms with Crippen LogP contribution < -0.4 is 0 Å². The van der Waals surface area contributed by atoms with E-state index in [1.807, 2.05) is 13.0 Å². The molecule has 3 nitrogen and oxygen atoms in total. The topological polar surface area (TPSA) is 38.1 Å². The van der Waals surface area contributed by atoms with E-state index in [1.165, 1.54) is 0 Å². The molecule has 1 aromatic rings. The van der Waals surface area contributed by atoms with Crippen LogP contribution in [0.3, 0.4) is 0 Å². The van der Waals surface area contributed by atoms with Crippen LogP contribution in [0.4, 0.5) is 5.69 Å². The second-order valence-electron chi connectivity index (χ2n) is 2.39. The Morgan fingerprint density at radius 1 is 1.50 bits per heavy atom. The van der Waals surface area contributed by atoms with Gasteiger partial charge in [0.05, 0.1) is 17.6 Å². The van der Waals surface area contributed by atoms with Crippen LogP contribution in [-0.2, 0) is 6.42 Å². The summed E-state index contributed by atoms with van der Waals surface area (Å²) in [6.45, 7) is 2.00. The summed E-state index contributed by atoms with van der Waals surface area (Å²) in [5.41, 5.74) is 3.10. The van der Waals surface area contributed by atoms with E-state index in [0.29, 0.717) is 0 Å². The molecule has 0 aliphatic carbocycles. The van der Waals surface area contributed by atoms with Gasteiger partial charge in [0, 0.05) is 12.1 Å². The maximum atomic E-state index is 4.27. The van der Waals surface area contributed by atoms with E-state index >= 15 is 0 Å². The molecule has 1 aliphatic heterocycles. The molecule has 0 aromatic carbocycles. The smallest absolute Gasteiger partial charge is 0.0942 e. The second kappa shape index (κ2) is 1.87. The fourth-order valence-corrected chi connectivity index (χ4v) is 1.07. The number of rotatable bonds is 0. The largest absolute Gasteiger partial charge is 0.256 e. The quantitative estimate of drug-likeness (QED) is 0.532. The summed E-state index contributed by atoms with van der Waals surface area (Å²) >= 11 is 0. The Labute approximate surface area is 58.8 Å². The maximum absolute atomic E-state index is 4.27. The molecule has 1 aromatic heterocycles. The first kappa shape index (κ1) is 5.53. The van der Waals surface area contributed by atoms with Crippen molar-refractivity contribution in [2.45, 2.75) is 13.3 Å². The molecule has 3 heteroatoms. The van der Waals surface area contributed by atoms with Crippen molar-refractivity contribution in [3.63, 3.8) is 0 Å². The number of aliphatic imine (C=N–C) groups is 1. The summed E-state index contributed by atoms with van der Waals surface area (Å²) < 4.78 is 0. The van der Waals surface area contributed by atoms with Crippen molar-refractivity contribution < 1.29 is 0 Å². The second-order valence-corrected chi connectivity index (χ2v) is 2.39. The van der Waals surface area contributed by atoms with Gasteiger partial charge in [0.2, 0.25) is 0 Å². The Hall–Kier alpha value is -1.25. The highest BCUT2D eigenvalue weighted by atomic mass is 15.1. The highest BCUT2D eigenvalue weighted by Crippen LogP contribution is 2.22. The van der Waals surface area contributed by atoms with E-state index in [-0.39, 0.29) is 0 Å². The van der Waals surface area contributed by atoms with Gasteiger partial charge in [0.15, 0.2) is 0 Å². The lowest BCUT2D eigenvalue weighted by Crippen LogP contribution is -1.92. The van der Waals surface area contributed by atoms with E-state index in [1.54, 1.807) is 6.20 Å². The standard InChI is InChI=1S/C7H7N3/c1-5-4-7-6(9-5)2-3-8-10-7/h2-3H,4H2,1H3. The minimum Gasteiger partial charge on any atom is -0.256 e. The van der Waals surface area contributed by atoms with Gasteiger partial charge < -0.3 is 0 Å². The van der Waals surface area contributed by atoms with Gasteiger partial charge in [0.25, 0.3) is 0 Å².